The van der Waals surface area contributed by atoms with Gasteiger partial charge in [-0.2, -0.15) is 0 Å². The van der Waals surface area contributed by atoms with Crippen LogP contribution in [0.2, 0.25) is 0 Å². The highest BCUT2D eigenvalue weighted by Gasteiger charge is 2.42. The van der Waals surface area contributed by atoms with Gasteiger partial charge in [-0.25, -0.2) is 13.6 Å². The lowest BCUT2D eigenvalue weighted by Crippen LogP contribution is -2.57. The molecule has 222 valence electrons. The van der Waals surface area contributed by atoms with Crippen LogP contribution in [0.25, 0.3) is 0 Å². The van der Waals surface area contributed by atoms with Gasteiger partial charge in [0.15, 0.2) is 23.1 Å². The number of thioether (sulfide) groups is 1. The Bertz CT molecular complexity index is 1910. The van der Waals surface area contributed by atoms with Crippen LogP contribution in [0.4, 0.5) is 8.78 Å². The van der Waals surface area contributed by atoms with Gasteiger partial charge in [0, 0.05) is 22.4 Å². The van der Waals surface area contributed by atoms with Crippen LogP contribution in [0, 0.1) is 11.6 Å². The molecule has 0 bridgehead atoms. The summed E-state index contributed by atoms with van der Waals surface area (Å²) in [5.74, 6) is -5.87. The van der Waals surface area contributed by atoms with Crippen molar-refractivity contribution in [1.82, 2.24) is 9.58 Å². The number of ether oxygens (including phenoxy) is 1. The molecule has 44 heavy (non-hydrogen) atoms. The third-order valence-electron chi connectivity index (χ3n) is 7.46. The molecule has 1 aromatic heterocycles. The number of pyridine rings is 1. The summed E-state index contributed by atoms with van der Waals surface area (Å²) in [6, 6.07) is 17.3. The number of amides is 2. The lowest BCUT2D eigenvalue weighted by atomic mass is 9.93. The molecule has 6 rings (SSSR count). The van der Waals surface area contributed by atoms with E-state index in [4.69, 9.17) is 4.74 Å². The highest BCUT2D eigenvalue weighted by atomic mass is 32.2. The van der Waals surface area contributed by atoms with E-state index in [-0.39, 0.29) is 17.9 Å². The summed E-state index contributed by atoms with van der Waals surface area (Å²) < 4.78 is 36.8. The van der Waals surface area contributed by atoms with Crippen molar-refractivity contribution in [2.75, 3.05) is 11.7 Å². The summed E-state index contributed by atoms with van der Waals surface area (Å²) in [7, 11) is 0. The monoisotopic (exact) mass is 615 g/mol. The number of carbonyl (C=O) groups excluding carboxylic acids is 2. The number of aromatic nitrogens is 1. The fourth-order valence-electron chi connectivity index (χ4n) is 5.37. The molecule has 3 aromatic carbocycles. The van der Waals surface area contributed by atoms with Crippen LogP contribution in [0.1, 0.15) is 49.1 Å². The first-order valence-corrected chi connectivity index (χ1v) is 14.3. The zero-order valence-corrected chi connectivity index (χ0v) is 23.7. The molecule has 4 aromatic rings. The highest BCUT2D eigenvalue weighted by Crippen LogP contribution is 2.44. The van der Waals surface area contributed by atoms with Crippen molar-refractivity contribution in [2.24, 2.45) is 0 Å². The molecule has 0 fully saturated rings. The summed E-state index contributed by atoms with van der Waals surface area (Å²) in [4.78, 5) is 54.3. The van der Waals surface area contributed by atoms with Crippen LogP contribution in [-0.4, -0.2) is 39.1 Å². The summed E-state index contributed by atoms with van der Waals surface area (Å²) in [6.45, 7) is 2.86. The lowest BCUT2D eigenvalue weighted by Gasteiger charge is -2.43. The Morgan fingerprint density at radius 3 is 2.48 bits per heavy atom. The lowest BCUT2D eigenvalue weighted by molar-refractivity contribution is -0.124. The molecule has 0 radical (unpaired) electrons. The van der Waals surface area contributed by atoms with Crippen LogP contribution in [-0.2, 0) is 17.2 Å². The molecule has 3 heterocycles. The Balaban J connectivity index is 1.64. The smallest absolute Gasteiger partial charge is 0.341 e. The fourth-order valence-corrected chi connectivity index (χ4v) is 6.49. The van der Waals surface area contributed by atoms with Gasteiger partial charge in [0.25, 0.3) is 11.8 Å². The Labute approximate surface area is 253 Å². The van der Waals surface area contributed by atoms with Gasteiger partial charge in [0.2, 0.25) is 5.43 Å². The Hall–Kier alpha value is -5.23. The second-order valence-electron chi connectivity index (χ2n) is 9.99. The molecule has 0 saturated heterocycles. The number of aromatic carboxylic acids is 1. The number of imide groups is 1. The fraction of sp³-hybridized carbons (Fsp3) is 0.125. The van der Waals surface area contributed by atoms with Crippen molar-refractivity contribution in [2.45, 2.75) is 23.3 Å². The second-order valence-corrected chi connectivity index (χ2v) is 11.0. The van der Waals surface area contributed by atoms with Crippen molar-refractivity contribution >= 4 is 29.5 Å². The van der Waals surface area contributed by atoms with E-state index in [2.05, 4.69) is 6.58 Å². The Kier molecular flexibility index (Phi) is 7.52. The van der Waals surface area contributed by atoms with Crippen molar-refractivity contribution in [3.05, 3.63) is 141 Å². The summed E-state index contributed by atoms with van der Waals surface area (Å²) >= 11 is 1.28. The number of benzene rings is 3. The maximum absolute atomic E-state index is 15.3. The highest BCUT2D eigenvalue weighted by molar-refractivity contribution is 7.98. The van der Waals surface area contributed by atoms with E-state index in [1.807, 2.05) is 0 Å². The SMILES string of the molecule is C=CC(=O)N1CN(C2c3ccccc3SCc3c2ccc(F)c3F)n2cc(C(=O)O)c(=O)c(OCc3ccccc3)c2C1=O. The third-order valence-corrected chi connectivity index (χ3v) is 8.58. The van der Waals surface area contributed by atoms with Crippen LogP contribution >= 0.6 is 11.8 Å². The van der Waals surface area contributed by atoms with E-state index in [0.717, 1.165) is 23.2 Å². The van der Waals surface area contributed by atoms with Gasteiger partial charge >= 0.3 is 5.97 Å². The Morgan fingerprint density at radius 2 is 1.75 bits per heavy atom. The Morgan fingerprint density at radius 1 is 1.02 bits per heavy atom. The molecule has 12 heteroatoms. The van der Waals surface area contributed by atoms with E-state index in [1.54, 1.807) is 54.6 Å². The van der Waals surface area contributed by atoms with E-state index in [1.165, 1.54) is 27.5 Å². The topological polar surface area (TPSA) is 109 Å². The number of fused-ring (bicyclic) bond motifs is 3. The minimum Gasteiger partial charge on any atom is -0.482 e. The van der Waals surface area contributed by atoms with Crippen molar-refractivity contribution < 1.29 is 33.0 Å². The minimum atomic E-state index is -1.57. The number of rotatable bonds is 6. The number of hydrogen-bond donors (Lipinski definition) is 1. The van der Waals surface area contributed by atoms with Gasteiger partial charge in [-0.1, -0.05) is 61.2 Å². The van der Waals surface area contributed by atoms with E-state index in [9.17, 15) is 28.7 Å². The van der Waals surface area contributed by atoms with Crippen LogP contribution < -0.4 is 15.2 Å². The molecule has 0 aliphatic carbocycles. The zero-order valence-electron chi connectivity index (χ0n) is 22.9. The number of carboxylic acids is 1. The van der Waals surface area contributed by atoms with E-state index >= 15 is 4.39 Å². The number of halogens is 2. The quantitative estimate of drug-likeness (QED) is 0.307. The van der Waals surface area contributed by atoms with Crippen molar-refractivity contribution in [3.8, 4) is 5.75 Å². The third kappa shape index (κ3) is 4.82. The molecule has 0 saturated carbocycles. The molecule has 9 nitrogen and oxygen atoms in total. The maximum Gasteiger partial charge on any atom is 0.341 e. The minimum absolute atomic E-state index is 0.0660. The molecule has 2 aliphatic rings. The van der Waals surface area contributed by atoms with E-state index in [0.29, 0.717) is 21.6 Å². The first-order chi connectivity index (χ1) is 21.2. The average Bonchev–Trinajstić information content (AvgIpc) is 3.19. The number of nitrogens with zero attached hydrogens (tertiary/aromatic N) is 3. The number of carboxylic acid groups (broad SMARTS) is 1. The summed E-state index contributed by atoms with van der Waals surface area (Å²) in [6.07, 6.45) is 1.92. The second kappa shape index (κ2) is 11.5. The molecule has 1 N–H and O–H groups in total. The normalized spacial score (nSPS) is 15.5. The molecule has 1 unspecified atom stereocenters. The van der Waals surface area contributed by atoms with Crippen LogP contribution in [0.3, 0.4) is 0 Å². The average molecular weight is 616 g/mol. The van der Waals surface area contributed by atoms with Gasteiger partial charge in [0.05, 0.1) is 6.04 Å². The van der Waals surface area contributed by atoms with Crippen molar-refractivity contribution in [1.29, 1.82) is 0 Å². The van der Waals surface area contributed by atoms with Gasteiger partial charge in [-0.3, -0.25) is 29.0 Å². The maximum atomic E-state index is 15.3. The largest absolute Gasteiger partial charge is 0.482 e. The molecule has 2 amide bonds. The van der Waals surface area contributed by atoms with Gasteiger partial charge in [-0.05, 0) is 34.9 Å². The molecule has 1 atom stereocenters. The zero-order chi connectivity index (χ0) is 31.1. The first-order valence-electron chi connectivity index (χ1n) is 13.3. The molecular weight excluding hydrogens is 592 g/mol. The predicted octanol–water partition coefficient (Wildman–Crippen LogP) is 4.86. The van der Waals surface area contributed by atoms with Gasteiger partial charge in [0.1, 0.15) is 18.8 Å². The van der Waals surface area contributed by atoms with Gasteiger partial charge < -0.3 is 9.84 Å². The molecular formula is C32H23F2N3O6S. The molecule has 2 aliphatic heterocycles. The van der Waals surface area contributed by atoms with Gasteiger partial charge in [-0.15, -0.1) is 11.8 Å². The van der Waals surface area contributed by atoms with E-state index < -0.39 is 64.6 Å². The van der Waals surface area contributed by atoms with Crippen LogP contribution in [0.5, 0.6) is 5.75 Å². The first kappa shape index (κ1) is 28.9. The standard InChI is InChI=1S/C32H23F2N3O6S/c1-2-25(38)35-17-37(27-19-12-13-23(33)26(34)22(19)16-44-24-11-7-6-10-20(24)27)36-14-21(32(41)42)29(39)30(28(36)31(35)40)43-15-18-8-4-3-5-9-18/h2-14,27H,1,15-17H2,(H,41,42). The van der Waals surface area contributed by atoms with Crippen LogP contribution in [0.15, 0.2) is 95.3 Å². The number of carbonyl (C=O) groups is 3. The summed E-state index contributed by atoms with van der Waals surface area (Å²) in [5, 5.41) is 11.5. The predicted molar refractivity (Wildman–Crippen MR) is 157 cm³/mol. The molecule has 0 spiro atoms. The van der Waals surface area contributed by atoms with Crippen molar-refractivity contribution in [3.63, 3.8) is 0 Å². The number of hydrogen-bond acceptors (Lipinski definition) is 7. The summed E-state index contributed by atoms with van der Waals surface area (Å²) in [5.41, 5.74) is -0.518.